The molecule has 0 bridgehead atoms. The molecule has 1 fully saturated rings. The maximum atomic E-state index is 12.1. The third kappa shape index (κ3) is 2.63. The fourth-order valence-electron chi connectivity index (χ4n) is 2.01. The molecule has 0 aromatic heterocycles. The molecule has 0 aromatic carbocycles. The van der Waals surface area contributed by atoms with Crippen LogP contribution >= 0.6 is 0 Å². The number of nitrogens with zero attached hydrogens (tertiary/aromatic N) is 1. The Kier molecular flexibility index (Phi) is 3.96. The van der Waals surface area contributed by atoms with Crippen LogP contribution in [0.15, 0.2) is 0 Å². The number of rotatable bonds is 0. The molecule has 0 aromatic rings. The van der Waals surface area contributed by atoms with Crippen molar-refractivity contribution < 1.29 is 9.59 Å². The van der Waals surface area contributed by atoms with E-state index in [4.69, 9.17) is 0 Å². The smallest absolute Gasteiger partial charge is 0.233 e. The molecule has 0 aliphatic carbocycles. The summed E-state index contributed by atoms with van der Waals surface area (Å²) in [5.74, 6) is -0.211. The number of hydrogen-bond donors (Lipinski definition) is 0. The number of amides is 2. The molecule has 0 spiro atoms. The Balaban J connectivity index is 0.00000225. The third-order valence-corrected chi connectivity index (χ3v) is 2.86. The first-order valence-electron chi connectivity index (χ1n) is 5.42. The number of imide groups is 1. The first-order valence-corrected chi connectivity index (χ1v) is 5.42. The summed E-state index contributed by atoms with van der Waals surface area (Å²) >= 11 is 0. The molecule has 1 saturated heterocycles. The molecule has 1 aliphatic rings. The van der Waals surface area contributed by atoms with Crippen LogP contribution in [0.3, 0.4) is 0 Å². The van der Waals surface area contributed by atoms with Gasteiger partial charge in [0, 0.05) is 12.0 Å². The zero-order valence-corrected chi connectivity index (χ0v) is 10.5. The summed E-state index contributed by atoms with van der Waals surface area (Å²) in [6.45, 7) is 11.7. The van der Waals surface area contributed by atoms with E-state index in [1.165, 1.54) is 4.90 Å². The number of hydrogen-bond acceptors (Lipinski definition) is 2. The molecule has 3 heteroatoms. The highest BCUT2D eigenvalue weighted by atomic mass is 16.2. The maximum absolute atomic E-state index is 12.1. The summed E-state index contributed by atoms with van der Waals surface area (Å²) in [5, 5.41) is 0. The summed E-state index contributed by atoms with van der Waals surface area (Å²) in [4.78, 5) is 25.3. The Morgan fingerprint density at radius 2 is 1.50 bits per heavy atom. The van der Waals surface area contributed by atoms with Gasteiger partial charge < -0.3 is 0 Å². The van der Waals surface area contributed by atoms with Gasteiger partial charge in [-0.2, -0.15) is 0 Å². The largest absolute Gasteiger partial charge is 0.277 e. The standard InChI is InChI=1S/C12H21NO2.CH4/c1-11(2,3)8-7-9(14)13(10(8)15)12(4,5)6;/h8H,7H2,1-6H3;1H4. The van der Waals surface area contributed by atoms with Crippen molar-refractivity contribution in [2.75, 3.05) is 0 Å². The second-order valence-electron chi connectivity index (χ2n) is 6.36. The van der Waals surface area contributed by atoms with Crippen LogP contribution in [0.5, 0.6) is 0 Å². The van der Waals surface area contributed by atoms with Gasteiger partial charge in [-0.1, -0.05) is 28.2 Å². The quantitative estimate of drug-likeness (QED) is 0.597. The summed E-state index contributed by atoms with van der Waals surface area (Å²) in [7, 11) is 0. The zero-order valence-electron chi connectivity index (χ0n) is 10.5. The molecule has 3 nitrogen and oxygen atoms in total. The molecule has 1 rings (SSSR count). The summed E-state index contributed by atoms with van der Waals surface area (Å²) in [6.07, 6.45) is 0.361. The summed E-state index contributed by atoms with van der Waals surface area (Å²) in [6, 6.07) is 0. The Labute approximate surface area is 99.2 Å². The Morgan fingerprint density at radius 3 is 1.69 bits per heavy atom. The predicted molar refractivity (Wildman–Crippen MR) is 65.9 cm³/mol. The Hall–Kier alpha value is -0.860. The highest BCUT2D eigenvalue weighted by Gasteiger charge is 2.48. The molecule has 1 aliphatic heterocycles. The maximum Gasteiger partial charge on any atom is 0.233 e. The Bertz CT molecular complexity index is 294. The highest BCUT2D eigenvalue weighted by Crippen LogP contribution is 2.37. The average molecular weight is 227 g/mol. The van der Waals surface area contributed by atoms with Crippen molar-refractivity contribution in [3.63, 3.8) is 0 Å². The van der Waals surface area contributed by atoms with Gasteiger partial charge in [0.15, 0.2) is 0 Å². The van der Waals surface area contributed by atoms with Gasteiger partial charge in [-0.3, -0.25) is 14.5 Å². The monoisotopic (exact) mass is 227 g/mol. The minimum Gasteiger partial charge on any atom is -0.277 e. The van der Waals surface area contributed by atoms with Crippen LogP contribution in [0.2, 0.25) is 0 Å². The van der Waals surface area contributed by atoms with Gasteiger partial charge in [0.25, 0.3) is 0 Å². The van der Waals surface area contributed by atoms with Crippen molar-refractivity contribution in [1.29, 1.82) is 0 Å². The van der Waals surface area contributed by atoms with E-state index in [1.807, 2.05) is 41.5 Å². The van der Waals surface area contributed by atoms with Crippen molar-refractivity contribution in [1.82, 2.24) is 4.90 Å². The van der Waals surface area contributed by atoms with Gasteiger partial charge in [0.2, 0.25) is 11.8 Å². The van der Waals surface area contributed by atoms with Crippen molar-refractivity contribution in [2.24, 2.45) is 11.3 Å². The first-order chi connectivity index (χ1) is 6.55. The predicted octanol–water partition coefficient (Wildman–Crippen LogP) is 2.84. The molecular weight excluding hydrogens is 202 g/mol. The second-order valence-corrected chi connectivity index (χ2v) is 6.36. The van der Waals surface area contributed by atoms with Gasteiger partial charge in [0.1, 0.15) is 0 Å². The van der Waals surface area contributed by atoms with Crippen LogP contribution in [-0.4, -0.2) is 22.3 Å². The summed E-state index contributed by atoms with van der Waals surface area (Å²) < 4.78 is 0. The van der Waals surface area contributed by atoms with Crippen molar-refractivity contribution in [2.45, 2.75) is 60.9 Å². The van der Waals surface area contributed by atoms with Crippen LogP contribution in [0.4, 0.5) is 0 Å². The second kappa shape index (κ2) is 4.19. The SMILES string of the molecule is C.CC(C)(C)C1CC(=O)N(C(C)(C)C)C1=O. The molecule has 16 heavy (non-hydrogen) atoms. The van der Waals surface area contributed by atoms with Gasteiger partial charge in [-0.25, -0.2) is 0 Å². The molecule has 0 saturated carbocycles. The normalized spacial score (nSPS) is 22.4. The van der Waals surface area contributed by atoms with Gasteiger partial charge >= 0.3 is 0 Å². The van der Waals surface area contributed by atoms with Crippen molar-refractivity contribution >= 4 is 11.8 Å². The van der Waals surface area contributed by atoms with E-state index >= 15 is 0 Å². The minimum absolute atomic E-state index is 0. The fourth-order valence-corrected chi connectivity index (χ4v) is 2.01. The van der Waals surface area contributed by atoms with E-state index < -0.39 is 5.54 Å². The first kappa shape index (κ1) is 15.1. The minimum atomic E-state index is -0.395. The van der Waals surface area contributed by atoms with Gasteiger partial charge in [-0.15, -0.1) is 0 Å². The van der Waals surface area contributed by atoms with Crippen LogP contribution < -0.4 is 0 Å². The van der Waals surface area contributed by atoms with E-state index in [0.29, 0.717) is 6.42 Å². The molecule has 1 unspecified atom stereocenters. The van der Waals surface area contributed by atoms with Gasteiger partial charge in [-0.05, 0) is 26.2 Å². The average Bonchev–Trinajstić information content (AvgIpc) is 2.22. The fraction of sp³-hybridized carbons (Fsp3) is 0.846. The van der Waals surface area contributed by atoms with Gasteiger partial charge in [0.05, 0.1) is 5.92 Å². The van der Waals surface area contributed by atoms with Crippen LogP contribution in [0.1, 0.15) is 55.4 Å². The van der Waals surface area contributed by atoms with E-state index in [1.54, 1.807) is 0 Å². The number of likely N-dealkylation sites (tertiary alicyclic amines) is 1. The van der Waals surface area contributed by atoms with Crippen molar-refractivity contribution in [3.05, 3.63) is 0 Å². The van der Waals surface area contributed by atoms with Crippen LogP contribution in [0, 0.1) is 11.3 Å². The lowest BCUT2D eigenvalue weighted by Gasteiger charge is -2.32. The zero-order chi connectivity index (χ0) is 12.0. The number of carbonyl (C=O) groups is 2. The molecule has 0 N–H and O–H groups in total. The molecule has 1 heterocycles. The molecule has 2 amide bonds. The lowest BCUT2D eigenvalue weighted by molar-refractivity contribution is -0.145. The highest BCUT2D eigenvalue weighted by molar-refractivity contribution is 6.04. The lowest BCUT2D eigenvalue weighted by atomic mass is 9.80. The molecule has 0 radical (unpaired) electrons. The lowest BCUT2D eigenvalue weighted by Crippen LogP contribution is -2.46. The Morgan fingerprint density at radius 1 is 1.06 bits per heavy atom. The molecule has 1 atom stereocenters. The summed E-state index contributed by atoms with van der Waals surface area (Å²) in [5.41, 5.74) is -0.527. The van der Waals surface area contributed by atoms with E-state index in [-0.39, 0.29) is 30.6 Å². The van der Waals surface area contributed by atoms with E-state index in [0.717, 1.165) is 0 Å². The van der Waals surface area contributed by atoms with E-state index in [2.05, 4.69) is 0 Å². The van der Waals surface area contributed by atoms with E-state index in [9.17, 15) is 9.59 Å². The molecular formula is C13H25NO2. The van der Waals surface area contributed by atoms with Crippen molar-refractivity contribution in [3.8, 4) is 0 Å². The topological polar surface area (TPSA) is 37.4 Å². The van der Waals surface area contributed by atoms with Crippen LogP contribution in [-0.2, 0) is 9.59 Å². The number of carbonyl (C=O) groups excluding carboxylic acids is 2. The third-order valence-electron chi connectivity index (χ3n) is 2.86. The molecule has 94 valence electrons. The van der Waals surface area contributed by atoms with Crippen LogP contribution in [0.25, 0.3) is 0 Å².